The number of pyridine rings is 1. The lowest BCUT2D eigenvalue weighted by molar-refractivity contribution is -0.384. The minimum atomic E-state index is -0.426. The second-order valence-corrected chi connectivity index (χ2v) is 4.31. The van der Waals surface area contributed by atoms with Crippen molar-refractivity contribution in [1.82, 2.24) is 4.98 Å². The first kappa shape index (κ1) is 13.8. The van der Waals surface area contributed by atoms with Gasteiger partial charge in [-0.25, -0.2) is 4.98 Å². The molecule has 0 bridgehead atoms. The molecular formula is C14H15N3O3. The van der Waals surface area contributed by atoms with Gasteiger partial charge in [0.05, 0.1) is 12.0 Å². The van der Waals surface area contributed by atoms with E-state index < -0.39 is 4.92 Å². The van der Waals surface area contributed by atoms with Crippen LogP contribution in [0.4, 0.5) is 11.5 Å². The van der Waals surface area contributed by atoms with E-state index in [4.69, 9.17) is 4.74 Å². The van der Waals surface area contributed by atoms with Crippen LogP contribution >= 0.6 is 0 Å². The van der Waals surface area contributed by atoms with Gasteiger partial charge in [-0.3, -0.25) is 10.1 Å². The lowest BCUT2D eigenvalue weighted by Gasteiger charge is -2.18. The van der Waals surface area contributed by atoms with E-state index in [-0.39, 0.29) is 5.69 Å². The van der Waals surface area contributed by atoms with E-state index in [1.807, 2.05) is 24.3 Å². The number of hydrogen-bond acceptors (Lipinski definition) is 5. The number of hydrogen-bond donors (Lipinski definition) is 0. The van der Waals surface area contributed by atoms with Crippen molar-refractivity contribution in [1.29, 1.82) is 0 Å². The van der Waals surface area contributed by atoms with Crippen molar-refractivity contribution >= 4 is 11.5 Å². The van der Waals surface area contributed by atoms with Crippen molar-refractivity contribution in [3.8, 4) is 5.75 Å². The summed E-state index contributed by atoms with van der Waals surface area (Å²) in [6, 6.07) is 10.6. The summed E-state index contributed by atoms with van der Waals surface area (Å²) < 4.78 is 5.16. The predicted octanol–water partition coefficient (Wildman–Crippen LogP) is 2.63. The van der Waals surface area contributed by atoms with Gasteiger partial charge in [0, 0.05) is 25.9 Å². The van der Waals surface area contributed by atoms with E-state index in [0.717, 1.165) is 11.3 Å². The van der Waals surface area contributed by atoms with Gasteiger partial charge in [-0.05, 0) is 23.8 Å². The number of rotatable bonds is 5. The van der Waals surface area contributed by atoms with Gasteiger partial charge in [0.15, 0.2) is 0 Å². The van der Waals surface area contributed by atoms with E-state index in [0.29, 0.717) is 12.4 Å². The fraction of sp³-hybridized carbons (Fsp3) is 0.214. The molecule has 0 unspecified atom stereocenters. The maximum absolute atomic E-state index is 11.0. The summed E-state index contributed by atoms with van der Waals surface area (Å²) in [7, 11) is 3.38. The second kappa shape index (κ2) is 6.01. The normalized spacial score (nSPS) is 10.1. The zero-order valence-corrected chi connectivity index (χ0v) is 11.3. The molecule has 1 aromatic heterocycles. The minimum Gasteiger partial charge on any atom is -0.497 e. The molecule has 0 spiro atoms. The van der Waals surface area contributed by atoms with Gasteiger partial charge in [-0.15, -0.1) is 0 Å². The molecule has 0 saturated carbocycles. The van der Waals surface area contributed by atoms with Crippen molar-refractivity contribution in [3.05, 3.63) is 58.3 Å². The Labute approximate surface area is 116 Å². The van der Waals surface area contributed by atoms with Crippen LogP contribution in [0.1, 0.15) is 5.56 Å². The topological polar surface area (TPSA) is 68.5 Å². The number of benzene rings is 1. The van der Waals surface area contributed by atoms with Crippen LogP contribution in [-0.2, 0) is 6.54 Å². The Morgan fingerprint density at radius 1 is 1.35 bits per heavy atom. The number of nitrogens with zero attached hydrogens (tertiary/aromatic N) is 3. The first-order chi connectivity index (χ1) is 9.61. The van der Waals surface area contributed by atoms with Gasteiger partial charge in [-0.2, -0.15) is 0 Å². The van der Waals surface area contributed by atoms with Crippen LogP contribution in [0.25, 0.3) is 0 Å². The van der Waals surface area contributed by atoms with Crippen LogP contribution in [0.2, 0.25) is 0 Å². The summed E-state index contributed by atoms with van der Waals surface area (Å²) in [5.41, 5.74) is 0.990. The molecule has 20 heavy (non-hydrogen) atoms. The largest absolute Gasteiger partial charge is 0.497 e. The fourth-order valence-corrected chi connectivity index (χ4v) is 1.94. The molecule has 0 fully saturated rings. The fourth-order valence-electron chi connectivity index (χ4n) is 1.94. The molecule has 6 nitrogen and oxygen atoms in total. The second-order valence-electron chi connectivity index (χ2n) is 4.31. The number of aromatic nitrogens is 1. The van der Waals surface area contributed by atoms with Crippen LogP contribution in [0, 0.1) is 10.1 Å². The Bertz CT molecular complexity index is 616. The number of methoxy groups -OCH3 is 1. The van der Waals surface area contributed by atoms with E-state index in [1.54, 1.807) is 31.3 Å². The lowest BCUT2D eigenvalue weighted by Crippen LogP contribution is -2.19. The molecule has 0 aliphatic rings. The molecule has 1 aromatic carbocycles. The summed E-state index contributed by atoms with van der Waals surface area (Å²) in [5.74, 6) is 1.10. The molecular weight excluding hydrogens is 258 g/mol. The van der Waals surface area contributed by atoms with Crippen molar-refractivity contribution in [2.45, 2.75) is 6.54 Å². The Balaban J connectivity index is 2.23. The third-order valence-electron chi connectivity index (χ3n) is 2.88. The molecule has 104 valence electrons. The molecule has 0 N–H and O–H groups in total. The van der Waals surface area contributed by atoms with Crippen LogP contribution in [0.5, 0.6) is 5.75 Å². The molecule has 2 rings (SSSR count). The predicted molar refractivity (Wildman–Crippen MR) is 76.0 cm³/mol. The molecule has 0 amide bonds. The molecule has 0 radical (unpaired) electrons. The lowest BCUT2D eigenvalue weighted by atomic mass is 10.2. The average molecular weight is 273 g/mol. The quantitative estimate of drug-likeness (QED) is 0.618. The van der Waals surface area contributed by atoms with E-state index >= 15 is 0 Å². The van der Waals surface area contributed by atoms with Gasteiger partial charge in [0.2, 0.25) is 5.82 Å². The van der Waals surface area contributed by atoms with E-state index in [2.05, 4.69) is 4.98 Å². The van der Waals surface area contributed by atoms with E-state index in [1.165, 1.54) is 6.07 Å². The smallest absolute Gasteiger partial charge is 0.311 e. The maximum Gasteiger partial charge on any atom is 0.311 e. The third-order valence-corrected chi connectivity index (χ3v) is 2.88. The number of ether oxygens (including phenoxy) is 1. The summed E-state index contributed by atoms with van der Waals surface area (Å²) in [4.78, 5) is 16.4. The van der Waals surface area contributed by atoms with Gasteiger partial charge in [0.1, 0.15) is 5.75 Å². The van der Waals surface area contributed by atoms with Gasteiger partial charge in [-0.1, -0.05) is 12.1 Å². The zero-order chi connectivity index (χ0) is 14.5. The molecule has 0 aliphatic heterocycles. The van der Waals surface area contributed by atoms with Crippen molar-refractivity contribution in [2.75, 3.05) is 19.1 Å². The Morgan fingerprint density at radius 3 is 2.85 bits per heavy atom. The zero-order valence-electron chi connectivity index (χ0n) is 11.3. The molecule has 0 atom stereocenters. The highest BCUT2D eigenvalue weighted by molar-refractivity contribution is 5.57. The van der Waals surface area contributed by atoms with Gasteiger partial charge in [0.25, 0.3) is 0 Å². The first-order valence-corrected chi connectivity index (χ1v) is 6.05. The standard InChI is InChI=1S/C14H15N3O3/c1-16(10-11-5-3-6-12(9-11)20-2)14-13(17(18)19)7-4-8-15-14/h3-9H,10H2,1-2H3. The molecule has 0 saturated heterocycles. The Morgan fingerprint density at radius 2 is 2.15 bits per heavy atom. The number of anilines is 1. The summed E-state index contributed by atoms with van der Waals surface area (Å²) in [5, 5.41) is 11.0. The SMILES string of the molecule is COc1cccc(CN(C)c2ncccc2[N+](=O)[O-])c1. The highest BCUT2D eigenvalue weighted by Crippen LogP contribution is 2.25. The Hall–Kier alpha value is -2.63. The van der Waals surface area contributed by atoms with Crippen molar-refractivity contribution < 1.29 is 9.66 Å². The molecule has 2 aromatic rings. The highest BCUT2D eigenvalue weighted by Gasteiger charge is 2.17. The first-order valence-electron chi connectivity index (χ1n) is 6.05. The molecule has 0 aliphatic carbocycles. The Kier molecular flexibility index (Phi) is 4.14. The minimum absolute atomic E-state index is 0.00195. The summed E-state index contributed by atoms with van der Waals surface area (Å²) in [6.45, 7) is 0.509. The van der Waals surface area contributed by atoms with Crippen LogP contribution < -0.4 is 9.64 Å². The maximum atomic E-state index is 11.0. The highest BCUT2D eigenvalue weighted by atomic mass is 16.6. The van der Waals surface area contributed by atoms with Crippen LogP contribution in [0.3, 0.4) is 0 Å². The third kappa shape index (κ3) is 3.03. The summed E-state index contributed by atoms with van der Waals surface area (Å²) >= 11 is 0. The number of nitro groups is 1. The monoisotopic (exact) mass is 273 g/mol. The van der Waals surface area contributed by atoms with Crippen LogP contribution in [0.15, 0.2) is 42.6 Å². The average Bonchev–Trinajstić information content (AvgIpc) is 2.47. The van der Waals surface area contributed by atoms with E-state index in [9.17, 15) is 10.1 Å². The molecule has 6 heteroatoms. The van der Waals surface area contributed by atoms with Crippen molar-refractivity contribution in [3.63, 3.8) is 0 Å². The molecule has 1 heterocycles. The van der Waals surface area contributed by atoms with Gasteiger partial charge < -0.3 is 9.64 Å². The summed E-state index contributed by atoms with van der Waals surface area (Å²) in [6.07, 6.45) is 1.55. The van der Waals surface area contributed by atoms with Gasteiger partial charge >= 0.3 is 5.69 Å². The van der Waals surface area contributed by atoms with Crippen LogP contribution in [-0.4, -0.2) is 24.1 Å². The van der Waals surface area contributed by atoms with Crippen molar-refractivity contribution in [2.24, 2.45) is 0 Å².